The molecule has 0 bridgehead atoms. The number of carbonyl (C=O) groups excluding carboxylic acids is 1. The molecule has 0 aromatic carbocycles. The lowest BCUT2D eigenvalue weighted by molar-refractivity contribution is -0.894. The van der Waals surface area contributed by atoms with Gasteiger partial charge in [0.15, 0.2) is 0 Å². The average molecular weight is 361 g/mol. The molecule has 0 N–H and O–H groups in total. The number of quaternary nitrogens is 1. The first-order valence-electron chi connectivity index (χ1n) is 6.29. The van der Waals surface area contributed by atoms with Crippen molar-refractivity contribution >= 4 is 5.91 Å². The minimum Gasteiger partial charge on any atom is -0.326 e. The molecule has 0 aromatic heterocycles. The Kier molecular flexibility index (Phi) is 4.67. The molecule has 136 valence electrons. The molecule has 3 nitrogen and oxygen atoms in total. The number of halogens is 9. The van der Waals surface area contributed by atoms with Crippen LogP contribution in [0.1, 0.15) is 0 Å². The number of rotatable bonds is 3. The van der Waals surface area contributed by atoms with Crippen LogP contribution in [0.4, 0.5) is 39.5 Å². The number of hydrogen-bond acceptors (Lipinski definition) is 1. The Morgan fingerprint density at radius 3 is 1.57 bits per heavy atom. The van der Waals surface area contributed by atoms with Gasteiger partial charge < -0.3 is 9.38 Å². The highest BCUT2D eigenvalue weighted by molar-refractivity contribution is 5.85. The van der Waals surface area contributed by atoms with Crippen LogP contribution < -0.4 is 0 Å². The molecule has 1 aliphatic heterocycles. The quantitative estimate of drug-likeness (QED) is 0.558. The summed E-state index contributed by atoms with van der Waals surface area (Å²) in [6, 6.07) is 0. The molecule has 0 aliphatic carbocycles. The minimum atomic E-state index is -7.05. The fourth-order valence-electron chi connectivity index (χ4n) is 1.92. The molecule has 0 saturated carbocycles. The number of hydrogen-bond donors (Lipinski definition) is 0. The van der Waals surface area contributed by atoms with Crippen molar-refractivity contribution in [2.75, 3.05) is 40.3 Å². The molecule has 1 aliphatic rings. The van der Waals surface area contributed by atoms with Gasteiger partial charge in [0.2, 0.25) is 0 Å². The van der Waals surface area contributed by atoms with E-state index < -0.39 is 42.9 Å². The van der Waals surface area contributed by atoms with Crippen molar-refractivity contribution in [2.45, 2.75) is 23.9 Å². The molecule has 1 heterocycles. The number of amides is 1. The van der Waals surface area contributed by atoms with E-state index in [4.69, 9.17) is 0 Å². The van der Waals surface area contributed by atoms with E-state index in [1.54, 1.807) is 14.1 Å². The number of carbonyl (C=O) groups is 1. The Hall–Kier alpha value is -1.20. The highest BCUT2D eigenvalue weighted by atomic mass is 19.4. The maximum absolute atomic E-state index is 13.5. The summed E-state index contributed by atoms with van der Waals surface area (Å²) < 4.78 is 115. The lowest BCUT2D eigenvalue weighted by Crippen LogP contribution is -2.67. The molecule has 23 heavy (non-hydrogen) atoms. The van der Waals surface area contributed by atoms with Gasteiger partial charge in [-0.1, -0.05) is 0 Å². The summed E-state index contributed by atoms with van der Waals surface area (Å²) in [6.45, 7) is -0.809. The van der Waals surface area contributed by atoms with Gasteiger partial charge in [-0.3, -0.25) is 4.79 Å². The van der Waals surface area contributed by atoms with Gasteiger partial charge in [-0.25, -0.2) is 0 Å². The van der Waals surface area contributed by atoms with E-state index in [1.807, 2.05) is 0 Å². The van der Waals surface area contributed by atoms with Gasteiger partial charge in [0, 0.05) is 0 Å². The Bertz CT molecular complexity index is 463. The Morgan fingerprint density at radius 2 is 1.22 bits per heavy atom. The smallest absolute Gasteiger partial charge is 0.326 e. The van der Waals surface area contributed by atoms with Gasteiger partial charge in [-0.15, -0.1) is 0 Å². The van der Waals surface area contributed by atoms with Crippen LogP contribution in [0.3, 0.4) is 0 Å². The molecular weight excluding hydrogens is 347 g/mol. The van der Waals surface area contributed by atoms with E-state index in [9.17, 15) is 44.3 Å². The Morgan fingerprint density at radius 1 is 0.826 bits per heavy atom. The molecule has 1 amide bonds. The van der Waals surface area contributed by atoms with Crippen molar-refractivity contribution in [3.63, 3.8) is 0 Å². The van der Waals surface area contributed by atoms with Crippen molar-refractivity contribution in [1.29, 1.82) is 0 Å². The fraction of sp³-hybridized carbons (Fsp3) is 0.909. The largest absolute Gasteiger partial charge is 0.460 e. The van der Waals surface area contributed by atoms with Crippen molar-refractivity contribution < 1.29 is 48.8 Å². The zero-order chi connectivity index (χ0) is 18.5. The van der Waals surface area contributed by atoms with E-state index in [0.717, 1.165) is 0 Å². The predicted octanol–water partition coefficient (Wildman–Crippen LogP) is 2.37. The highest BCUT2D eigenvalue weighted by Crippen LogP contribution is 2.53. The second-order valence-electron chi connectivity index (χ2n) is 5.90. The van der Waals surface area contributed by atoms with Crippen LogP contribution in [0.2, 0.25) is 0 Å². The van der Waals surface area contributed by atoms with Gasteiger partial charge in [-0.05, 0) is 0 Å². The molecule has 1 rings (SSSR count). The summed E-state index contributed by atoms with van der Waals surface area (Å²) >= 11 is 0. The SMILES string of the molecule is C[N+]1(C)CCN(C(=O)C(F)(F)C(F)(F)C(F)(F)C(F)(F)F)CC1. The Balaban J connectivity index is 3.07. The first-order valence-corrected chi connectivity index (χ1v) is 6.29. The summed E-state index contributed by atoms with van der Waals surface area (Å²) in [5.41, 5.74) is 0. The van der Waals surface area contributed by atoms with Crippen molar-refractivity contribution in [2.24, 2.45) is 0 Å². The first-order chi connectivity index (χ1) is 9.97. The van der Waals surface area contributed by atoms with Crippen LogP contribution in [0.15, 0.2) is 0 Å². The molecular formula is C11H14F9N2O+. The van der Waals surface area contributed by atoms with Crippen LogP contribution in [-0.4, -0.2) is 79.5 Å². The normalized spacial score (nSPS) is 20.6. The highest BCUT2D eigenvalue weighted by Gasteiger charge is 2.84. The summed E-state index contributed by atoms with van der Waals surface area (Å²) in [5.74, 6) is -22.9. The van der Waals surface area contributed by atoms with E-state index in [2.05, 4.69) is 0 Å². The van der Waals surface area contributed by atoms with Crippen LogP contribution in [-0.2, 0) is 4.79 Å². The van der Waals surface area contributed by atoms with Crippen LogP contribution in [0, 0.1) is 0 Å². The van der Waals surface area contributed by atoms with Crippen molar-refractivity contribution in [3.8, 4) is 0 Å². The van der Waals surface area contributed by atoms with E-state index in [1.165, 1.54) is 0 Å². The molecule has 1 saturated heterocycles. The number of nitrogens with zero attached hydrogens (tertiary/aromatic N) is 2. The summed E-state index contributed by atoms with van der Waals surface area (Å²) in [7, 11) is 3.29. The maximum Gasteiger partial charge on any atom is 0.460 e. The fourth-order valence-corrected chi connectivity index (χ4v) is 1.92. The maximum atomic E-state index is 13.5. The van der Waals surface area contributed by atoms with Gasteiger partial charge in [-0.2, -0.15) is 39.5 Å². The van der Waals surface area contributed by atoms with Crippen molar-refractivity contribution in [1.82, 2.24) is 4.90 Å². The van der Waals surface area contributed by atoms with Gasteiger partial charge >= 0.3 is 23.9 Å². The molecule has 12 heteroatoms. The van der Waals surface area contributed by atoms with E-state index in [0.29, 0.717) is 0 Å². The lowest BCUT2D eigenvalue weighted by Gasteiger charge is -2.41. The number of alkyl halides is 9. The Labute approximate surface area is 125 Å². The molecule has 0 radical (unpaired) electrons. The molecule has 0 atom stereocenters. The third-order valence-corrected chi connectivity index (χ3v) is 3.65. The zero-order valence-corrected chi connectivity index (χ0v) is 12.0. The van der Waals surface area contributed by atoms with Crippen LogP contribution in [0.5, 0.6) is 0 Å². The van der Waals surface area contributed by atoms with E-state index in [-0.39, 0.29) is 22.5 Å². The molecule has 0 aromatic rings. The summed E-state index contributed by atoms with van der Waals surface area (Å²) in [6.07, 6.45) is -6.93. The van der Waals surface area contributed by atoms with Gasteiger partial charge in [0.1, 0.15) is 0 Å². The van der Waals surface area contributed by atoms with Crippen LogP contribution >= 0.6 is 0 Å². The van der Waals surface area contributed by atoms with Gasteiger partial charge in [0.25, 0.3) is 5.91 Å². The van der Waals surface area contributed by atoms with Crippen molar-refractivity contribution in [3.05, 3.63) is 0 Å². The minimum absolute atomic E-state index is 0.0586. The third-order valence-electron chi connectivity index (χ3n) is 3.65. The third kappa shape index (κ3) is 3.22. The summed E-state index contributed by atoms with van der Waals surface area (Å²) in [5, 5.41) is 0. The van der Waals surface area contributed by atoms with Gasteiger partial charge in [0.05, 0.1) is 40.3 Å². The monoisotopic (exact) mass is 361 g/mol. The topological polar surface area (TPSA) is 20.3 Å². The summed E-state index contributed by atoms with van der Waals surface area (Å²) in [4.78, 5) is 11.6. The number of piperazine rings is 1. The second kappa shape index (κ2) is 5.42. The standard InChI is InChI=1S/C11H14F9N2O/c1-22(2)5-3-21(4-6-22)7(23)8(12,13)9(14,15)10(16,17)11(18,19)20/h3-6H2,1-2H3/q+1. The molecule has 0 unspecified atom stereocenters. The van der Waals surface area contributed by atoms with E-state index >= 15 is 0 Å². The zero-order valence-electron chi connectivity index (χ0n) is 12.0. The van der Waals surface area contributed by atoms with Crippen LogP contribution in [0.25, 0.3) is 0 Å². The second-order valence-corrected chi connectivity index (χ2v) is 5.90. The lowest BCUT2D eigenvalue weighted by atomic mass is 10.0. The molecule has 1 fully saturated rings. The first kappa shape index (κ1) is 19.8. The average Bonchev–Trinajstić information content (AvgIpc) is 2.36. The molecule has 0 spiro atoms. The predicted molar refractivity (Wildman–Crippen MR) is 59.3 cm³/mol. The number of likely N-dealkylation sites (N-methyl/N-ethyl adjacent to an activating group) is 1.